The lowest BCUT2D eigenvalue weighted by Crippen LogP contribution is -2.44. The Bertz CT molecular complexity index is 749. The highest BCUT2D eigenvalue weighted by molar-refractivity contribution is 14.0. The number of methoxy groups -OCH3 is 1. The lowest BCUT2D eigenvalue weighted by atomic mass is 10.2. The Labute approximate surface area is 183 Å². The minimum absolute atomic E-state index is 0. The number of hydrogen-bond acceptors (Lipinski definition) is 4. The summed E-state index contributed by atoms with van der Waals surface area (Å²) in [7, 11) is 1.73. The first-order valence-electron chi connectivity index (χ1n) is 9.17. The Kier molecular flexibility index (Phi) is 8.69. The summed E-state index contributed by atoms with van der Waals surface area (Å²) in [5.41, 5.74) is 2.48. The molecule has 2 heterocycles. The van der Waals surface area contributed by atoms with Gasteiger partial charge in [-0.05, 0) is 49.4 Å². The van der Waals surface area contributed by atoms with Gasteiger partial charge < -0.3 is 20.3 Å². The molecule has 2 aromatic rings. The molecule has 1 unspecified atom stereocenters. The topological polar surface area (TPSA) is 48.9 Å². The number of guanidine groups is 1. The molecule has 0 saturated carbocycles. The van der Waals surface area contributed by atoms with Gasteiger partial charge in [0, 0.05) is 30.6 Å². The van der Waals surface area contributed by atoms with E-state index in [0.717, 1.165) is 50.0 Å². The van der Waals surface area contributed by atoms with Gasteiger partial charge in [-0.15, -0.1) is 35.3 Å². The fourth-order valence-electron chi connectivity index (χ4n) is 3.22. The van der Waals surface area contributed by atoms with Gasteiger partial charge in [0.15, 0.2) is 5.96 Å². The van der Waals surface area contributed by atoms with E-state index in [2.05, 4.69) is 53.0 Å². The monoisotopic (exact) mass is 500 g/mol. The summed E-state index contributed by atoms with van der Waals surface area (Å²) in [6.07, 6.45) is 1.08. The summed E-state index contributed by atoms with van der Waals surface area (Å²) >= 11 is 1.77. The van der Waals surface area contributed by atoms with E-state index in [-0.39, 0.29) is 24.0 Å². The van der Waals surface area contributed by atoms with Crippen LogP contribution < -0.4 is 20.3 Å². The van der Waals surface area contributed by atoms with Gasteiger partial charge in [0.25, 0.3) is 0 Å². The SMILES string of the molecule is CCNC(=NCc1sccc1C)NC1CCN(c2ccccc2OC)C1.I. The number of thiophene rings is 1. The lowest BCUT2D eigenvalue weighted by Gasteiger charge is -2.22. The van der Waals surface area contributed by atoms with Gasteiger partial charge in [-0.1, -0.05) is 12.1 Å². The molecule has 0 amide bonds. The first-order chi connectivity index (χ1) is 12.7. The van der Waals surface area contributed by atoms with Crippen LogP contribution in [-0.4, -0.2) is 38.7 Å². The van der Waals surface area contributed by atoms with Gasteiger partial charge in [-0.2, -0.15) is 0 Å². The Morgan fingerprint density at radius 3 is 2.85 bits per heavy atom. The minimum Gasteiger partial charge on any atom is -0.495 e. The number of anilines is 1. The average Bonchev–Trinajstić information content (AvgIpc) is 3.29. The summed E-state index contributed by atoms with van der Waals surface area (Å²) in [6.45, 7) is 7.79. The molecule has 0 radical (unpaired) electrons. The Morgan fingerprint density at radius 1 is 1.33 bits per heavy atom. The summed E-state index contributed by atoms with van der Waals surface area (Å²) in [5, 5.41) is 9.09. The quantitative estimate of drug-likeness (QED) is 0.358. The molecule has 1 saturated heterocycles. The van der Waals surface area contributed by atoms with Crippen LogP contribution in [0.2, 0.25) is 0 Å². The first kappa shape index (κ1) is 21.8. The molecule has 1 fully saturated rings. The van der Waals surface area contributed by atoms with E-state index < -0.39 is 0 Å². The van der Waals surface area contributed by atoms with E-state index >= 15 is 0 Å². The van der Waals surface area contributed by atoms with Crippen LogP contribution in [0.4, 0.5) is 5.69 Å². The molecule has 5 nitrogen and oxygen atoms in total. The van der Waals surface area contributed by atoms with Crippen LogP contribution >= 0.6 is 35.3 Å². The summed E-state index contributed by atoms with van der Waals surface area (Å²) in [4.78, 5) is 8.48. The van der Waals surface area contributed by atoms with Crippen molar-refractivity contribution < 1.29 is 4.74 Å². The molecule has 0 aliphatic carbocycles. The van der Waals surface area contributed by atoms with Gasteiger partial charge in [0.1, 0.15) is 5.75 Å². The highest BCUT2D eigenvalue weighted by Crippen LogP contribution is 2.30. The zero-order chi connectivity index (χ0) is 18.4. The molecule has 7 heteroatoms. The summed E-state index contributed by atoms with van der Waals surface area (Å²) in [5.74, 6) is 1.83. The van der Waals surface area contributed by atoms with Crippen LogP contribution in [0, 0.1) is 6.92 Å². The molecule has 0 bridgehead atoms. The summed E-state index contributed by atoms with van der Waals surface area (Å²) < 4.78 is 5.51. The first-order valence-corrected chi connectivity index (χ1v) is 10.0. The fraction of sp³-hybridized carbons (Fsp3) is 0.450. The minimum atomic E-state index is 0. The second-order valence-electron chi connectivity index (χ2n) is 6.47. The van der Waals surface area contributed by atoms with Crippen LogP contribution in [0.3, 0.4) is 0 Å². The van der Waals surface area contributed by atoms with E-state index in [1.54, 1.807) is 18.4 Å². The van der Waals surface area contributed by atoms with E-state index in [0.29, 0.717) is 6.04 Å². The smallest absolute Gasteiger partial charge is 0.191 e. The average molecular weight is 500 g/mol. The van der Waals surface area contributed by atoms with E-state index in [9.17, 15) is 0 Å². The molecular weight excluding hydrogens is 471 g/mol. The molecule has 27 heavy (non-hydrogen) atoms. The van der Waals surface area contributed by atoms with Gasteiger partial charge in [0.05, 0.1) is 19.3 Å². The Morgan fingerprint density at radius 2 is 2.15 bits per heavy atom. The standard InChI is InChI=1S/C20H28N4OS.HI/c1-4-21-20(22-13-19-15(2)10-12-26-19)23-16-9-11-24(14-16)17-7-5-6-8-18(17)25-3;/h5-8,10,12,16H,4,9,11,13-14H2,1-3H3,(H2,21,22,23);1H. The number of nitrogens with one attached hydrogen (secondary N) is 2. The predicted molar refractivity (Wildman–Crippen MR) is 126 cm³/mol. The maximum absolute atomic E-state index is 5.51. The van der Waals surface area contributed by atoms with E-state index in [4.69, 9.17) is 9.73 Å². The maximum Gasteiger partial charge on any atom is 0.191 e. The number of aliphatic imine (C=N–C) groups is 1. The fourth-order valence-corrected chi connectivity index (χ4v) is 4.05. The predicted octanol–water partition coefficient (Wildman–Crippen LogP) is 4.02. The van der Waals surface area contributed by atoms with Gasteiger partial charge >= 0.3 is 0 Å². The highest BCUT2D eigenvalue weighted by Gasteiger charge is 2.25. The Hall–Kier alpha value is -1.48. The van der Waals surface area contributed by atoms with Crippen molar-refractivity contribution >= 4 is 47.0 Å². The van der Waals surface area contributed by atoms with Crippen molar-refractivity contribution in [3.8, 4) is 5.75 Å². The number of hydrogen-bond donors (Lipinski definition) is 2. The van der Waals surface area contributed by atoms with Crippen molar-refractivity contribution in [1.82, 2.24) is 10.6 Å². The highest BCUT2D eigenvalue weighted by atomic mass is 127. The molecule has 2 N–H and O–H groups in total. The molecule has 3 rings (SSSR count). The number of ether oxygens (including phenoxy) is 1. The third kappa shape index (κ3) is 5.75. The van der Waals surface area contributed by atoms with Crippen molar-refractivity contribution in [2.75, 3.05) is 31.6 Å². The van der Waals surface area contributed by atoms with Crippen molar-refractivity contribution in [3.05, 3.63) is 46.2 Å². The Balaban J connectivity index is 0.00000261. The van der Waals surface area contributed by atoms with Crippen molar-refractivity contribution in [2.24, 2.45) is 4.99 Å². The summed E-state index contributed by atoms with van der Waals surface area (Å²) in [6, 6.07) is 10.7. The van der Waals surface area contributed by atoms with Crippen LogP contribution in [-0.2, 0) is 6.54 Å². The number of aryl methyl sites for hydroxylation is 1. The van der Waals surface area contributed by atoms with Gasteiger partial charge in [-0.25, -0.2) is 4.99 Å². The molecule has 1 aliphatic rings. The number of para-hydroxylation sites is 2. The molecular formula is C20H29IN4OS. The van der Waals surface area contributed by atoms with Gasteiger partial charge in [-0.3, -0.25) is 0 Å². The normalized spacial score (nSPS) is 16.8. The molecule has 1 atom stereocenters. The van der Waals surface area contributed by atoms with E-state index in [1.807, 2.05) is 12.1 Å². The lowest BCUT2D eigenvalue weighted by molar-refractivity contribution is 0.415. The number of nitrogens with zero attached hydrogens (tertiary/aromatic N) is 2. The molecule has 1 aromatic heterocycles. The number of halogens is 1. The van der Waals surface area contributed by atoms with Crippen molar-refractivity contribution in [1.29, 1.82) is 0 Å². The van der Waals surface area contributed by atoms with Crippen LogP contribution in [0.1, 0.15) is 23.8 Å². The molecule has 148 valence electrons. The number of benzene rings is 1. The zero-order valence-electron chi connectivity index (χ0n) is 16.2. The van der Waals surface area contributed by atoms with Crippen molar-refractivity contribution in [2.45, 2.75) is 32.9 Å². The zero-order valence-corrected chi connectivity index (χ0v) is 19.3. The third-order valence-electron chi connectivity index (χ3n) is 4.65. The van der Waals surface area contributed by atoms with Crippen LogP contribution in [0.5, 0.6) is 5.75 Å². The van der Waals surface area contributed by atoms with Crippen LogP contribution in [0.25, 0.3) is 0 Å². The number of rotatable bonds is 6. The second-order valence-corrected chi connectivity index (χ2v) is 7.47. The maximum atomic E-state index is 5.51. The van der Waals surface area contributed by atoms with Crippen LogP contribution in [0.15, 0.2) is 40.7 Å². The molecule has 1 aliphatic heterocycles. The van der Waals surface area contributed by atoms with Crippen molar-refractivity contribution in [3.63, 3.8) is 0 Å². The third-order valence-corrected chi connectivity index (χ3v) is 5.66. The largest absolute Gasteiger partial charge is 0.495 e. The molecule has 1 aromatic carbocycles. The molecule has 0 spiro atoms. The van der Waals surface area contributed by atoms with Gasteiger partial charge in [0.2, 0.25) is 0 Å². The second kappa shape index (κ2) is 10.8. The van der Waals surface area contributed by atoms with E-state index in [1.165, 1.54) is 10.4 Å².